The largest absolute Gasteiger partial charge is 0.300 e. The zero-order valence-electron chi connectivity index (χ0n) is 11.8. The number of nitrogens with one attached hydrogen (secondary N) is 1. The van der Waals surface area contributed by atoms with Crippen LogP contribution in [0, 0.1) is 25.2 Å². The fraction of sp³-hybridized carbons (Fsp3) is 0.769. The van der Waals surface area contributed by atoms with Gasteiger partial charge in [0.05, 0.1) is 6.07 Å². The number of hydrogen-bond acceptors (Lipinski definition) is 4. The Kier molecular flexibility index (Phi) is 5.29. The summed E-state index contributed by atoms with van der Waals surface area (Å²) in [7, 11) is 0. The van der Waals surface area contributed by atoms with E-state index in [9.17, 15) is 0 Å². The molecule has 0 radical (unpaired) electrons. The van der Waals surface area contributed by atoms with E-state index >= 15 is 0 Å². The highest BCUT2D eigenvalue weighted by molar-refractivity contribution is 5.03. The third-order valence-corrected chi connectivity index (χ3v) is 3.07. The summed E-state index contributed by atoms with van der Waals surface area (Å²) < 4.78 is 1.94. The molecule has 0 aliphatic carbocycles. The van der Waals surface area contributed by atoms with Crippen LogP contribution in [0.5, 0.6) is 0 Å². The van der Waals surface area contributed by atoms with Crippen LogP contribution in [0.1, 0.15) is 44.8 Å². The summed E-state index contributed by atoms with van der Waals surface area (Å²) in [5.41, 5.74) is -0.401. The van der Waals surface area contributed by atoms with Gasteiger partial charge in [0.15, 0.2) is 0 Å². The Labute approximate surface area is 109 Å². The van der Waals surface area contributed by atoms with Crippen LogP contribution in [-0.4, -0.2) is 26.8 Å². The van der Waals surface area contributed by atoms with E-state index in [0.29, 0.717) is 0 Å². The molecule has 0 saturated heterocycles. The number of aryl methyl sites for hydroxylation is 3. The highest BCUT2D eigenvalue weighted by Crippen LogP contribution is 2.13. The SMILES string of the molecule is CCNC(C)(C#N)CCCCn1nc(C)nc1C. The van der Waals surface area contributed by atoms with Crippen molar-refractivity contribution in [1.82, 2.24) is 20.1 Å². The molecule has 1 atom stereocenters. The van der Waals surface area contributed by atoms with Gasteiger partial charge in [-0.3, -0.25) is 10.00 Å². The van der Waals surface area contributed by atoms with Gasteiger partial charge in [-0.25, -0.2) is 4.98 Å². The van der Waals surface area contributed by atoms with Crippen molar-refractivity contribution in [3.8, 4) is 6.07 Å². The van der Waals surface area contributed by atoms with Crippen LogP contribution in [0.3, 0.4) is 0 Å². The van der Waals surface area contributed by atoms with E-state index in [1.54, 1.807) is 0 Å². The zero-order chi connectivity index (χ0) is 13.6. The molecular formula is C13H23N5. The molecule has 1 heterocycles. The van der Waals surface area contributed by atoms with Gasteiger partial charge in [-0.15, -0.1) is 0 Å². The smallest absolute Gasteiger partial charge is 0.147 e. The van der Waals surface area contributed by atoms with Gasteiger partial charge >= 0.3 is 0 Å². The second-order valence-electron chi connectivity index (χ2n) is 4.86. The number of unbranched alkanes of at least 4 members (excludes halogenated alkanes) is 1. The van der Waals surface area contributed by atoms with Crippen LogP contribution < -0.4 is 5.32 Å². The van der Waals surface area contributed by atoms with Gasteiger partial charge in [-0.05, 0) is 46.6 Å². The zero-order valence-corrected chi connectivity index (χ0v) is 11.8. The minimum Gasteiger partial charge on any atom is -0.300 e. The molecule has 5 heteroatoms. The molecule has 0 bridgehead atoms. The summed E-state index contributed by atoms with van der Waals surface area (Å²) in [5.74, 6) is 1.78. The summed E-state index contributed by atoms with van der Waals surface area (Å²) in [6, 6.07) is 2.35. The summed E-state index contributed by atoms with van der Waals surface area (Å²) in [4.78, 5) is 4.27. The highest BCUT2D eigenvalue weighted by Gasteiger charge is 2.21. The molecule has 0 aliphatic rings. The van der Waals surface area contributed by atoms with Crippen molar-refractivity contribution in [3.63, 3.8) is 0 Å². The standard InChI is InChI=1S/C13H23N5/c1-5-15-13(4,10-14)8-6-7-9-18-12(3)16-11(2)17-18/h15H,5-9H2,1-4H3. The quantitative estimate of drug-likeness (QED) is 0.750. The summed E-state index contributed by atoms with van der Waals surface area (Å²) in [5, 5.41) is 16.7. The number of rotatable bonds is 7. The second-order valence-corrected chi connectivity index (χ2v) is 4.86. The molecule has 18 heavy (non-hydrogen) atoms. The molecule has 0 aromatic carbocycles. The van der Waals surface area contributed by atoms with Gasteiger partial charge in [0.2, 0.25) is 0 Å². The Morgan fingerprint density at radius 1 is 1.39 bits per heavy atom. The summed E-state index contributed by atoms with van der Waals surface area (Å²) in [6.07, 6.45) is 2.89. The molecule has 1 unspecified atom stereocenters. The molecule has 100 valence electrons. The van der Waals surface area contributed by atoms with Crippen molar-refractivity contribution in [2.24, 2.45) is 0 Å². The molecular weight excluding hydrogens is 226 g/mol. The van der Waals surface area contributed by atoms with E-state index in [1.807, 2.05) is 32.4 Å². The van der Waals surface area contributed by atoms with Gasteiger partial charge < -0.3 is 0 Å². The average Bonchev–Trinajstić information content (AvgIpc) is 2.64. The van der Waals surface area contributed by atoms with Crippen molar-refractivity contribution in [2.45, 2.75) is 59.0 Å². The third-order valence-electron chi connectivity index (χ3n) is 3.07. The number of hydrogen-bond donors (Lipinski definition) is 1. The minimum absolute atomic E-state index is 0.401. The number of nitriles is 1. The van der Waals surface area contributed by atoms with E-state index in [-0.39, 0.29) is 0 Å². The molecule has 1 aromatic heterocycles. The lowest BCUT2D eigenvalue weighted by molar-refractivity contribution is 0.399. The normalized spacial score (nSPS) is 14.2. The van der Waals surface area contributed by atoms with Gasteiger partial charge in [0, 0.05) is 6.54 Å². The van der Waals surface area contributed by atoms with Crippen molar-refractivity contribution in [2.75, 3.05) is 6.54 Å². The summed E-state index contributed by atoms with van der Waals surface area (Å²) >= 11 is 0. The molecule has 0 fully saturated rings. The maximum Gasteiger partial charge on any atom is 0.147 e. The second kappa shape index (κ2) is 6.50. The fourth-order valence-electron chi connectivity index (χ4n) is 2.09. The van der Waals surface area contributed by atoms with Gasteiger partial charge in [0.25, 0.3) is 0 Å². The van der Waals surface area contributed by atoms with Crippen molar-refractivity contribution in [1.29, 1.82) is 5.26 Å². The highest BCUT2D eigenvalue weighted by atomic mass is 15.3. The first-order valence-corrected chi connectivity index (χ1v) is 6.55. The lowest BCUT2D eigenvalue weighted by atomic mass is 9.96. The van der Waals surface area contributed by atoms with Crippen LogP contribution >= 0.6 is 0 Å². The Balaban J connectivity index is 2.35. The van der Waals surface area contributed by atoms with Gasteiger partial charge in [-0.1, -0.05) is 6.92 Å². The van der Waals surface area contributed by atoms with E-state index in [1.165, 1.54) is 0 Å². The molecule has 0 saturated carbocycles. The first-order chi connectivity index (χ1) is 8.50. The number of nitrogens with zero attached hydrogens (tertiary/aromatic N) is 4. The van der Waals surface area contributed by atoms with Crippen LogP contribution in [0.15, 0.2) is 0 Å². The Bertz CT molecular complexity index is 418. The molecule has 5 nitrogen and oxygen atoms in total. The average molecular weight is 249 g/mol. The van der Waals surface area contributed by atoms with Crippen molar-refractivity contribution >= 4 is 0 Å². The molecule has 1 rings (SSSR count). The van der Waals surface area contributed by atoms with Crippen molar-refractivity contribution < 1.29 is 0 Å². The lowest BCUT2D eigenvalue weighted by Crippen LogP contribution is -2.40. The summed E-state index contributed by atoms with van der Waals surface area (Å²) in [6.45, 7) is 9.56. The predicted molar refractivity (Wildman–Crippen MR) is 71.0 cm³/mol. The topological polar surface area (TPSA) is 66.5 Å². The van der Waals surface area contributed by atoms with Gasteiger partial charge in [-0.2, -0.15) is 10.4 Å². The molecule has 1 N–H and O–H groups in total. The predicted octanol–water partition coefficient (Wildman–Crippen LogP) is 1.96. The third kappa shape index (κ3) is 4.11. The Hall–Kier alpha value is -1.41. The maximum atomic E-state index is 9.14. The van der Waals surface area contributed by atoms with Crippen LogP contribution in [0.2, 0.25) is 0 Å². The fourth-order valence-corrected chi connectivity index (χ4v) is 2.09. The van der Waals surface area contributed by atoms with Crippen LogP contribution in [0.25, 0.3) is 0 Å². The van der Waals surface area contributed by atoms with Crippen LogP contribution in [0.4, 0.5) is 0 Å². The van der Waals surface area contributed by atoms with E-state index in [4.69, 9.17) is 5.26 Å². The lowest BCUT2D eigenvalue weighted by Gasteiger charge is -2.22. The first-order valence-electron chi connectivity index (χ1n) is 6.55. The van der Waals surface area contributed by atoms with Crippen LogP contribution in [-0.2, 0) is 6.54 Å². The van der Waals surface area contributed by atoms with E-state index in [2.05, 4.69) is 21.5 Å². The van der Waals surface area contributed by atoms with E-state index in [0.717, 1.165) is 44.0 Å². The van der Waals surface area contributed by atoms with E-state index < -0.39 is 5.54 Å². The molecule has 1 aromatic rings. The molecule has 0 spiro atoms. The Morgan fingerprint density at radius 2 is 2.11 bits per heavy atom. The van der Waals surface area contributed by atoms with Gasteiger partial charge in [0.1, 0.15) is 17.2 Å². The monoisotopic (exact) mass is 249 g/mol. The first kappa shape index (κ1) is 14.7. The van der Waals surface area contributed by atoms with Crippen molar-refractivity contribution in [3.05, 3.63) is 11.6 Å². The minimum atomic E-state index is -0.401. The Morgan fingerprint density at radius 3 is 2.61 bits per heavy atom. The number of aromatic nitrogens is 3. The molecule has 0 aliphatic heterocycles. The maximum absolute atomic E-state index is 9.14. The molecule has 0 amide bonds.